The van der Waals surface area contributed by atoms with Gasteiger partial charge in [0.1, 0.15) is 0 Å². The molecule has 4 rings (SSSR count). The van der Waals surface area contributed by atoms with Crippen molar-refractivity contribution in [2.45, 2.75) is 51.4 Å². The van der Waals surface area contributed by atoms with E-state index in [4.69, 9.17) is 0 Å². The quantitative estimate of drug-likeness (QED) is 0.285. The molecule has 0 radical (unpaired) electrons. The molecule has 3 nitrogen and oxygen atoms in total. The third kappa shape index (κ3) is 4.33. The highest BCUT2D eigenvalue weighted by molar-refractivity contribution is 6.79. The van der Waals surface area contributed by atoms with Crippen LogP contribution in [0.4, 0.5) is 5.69 Å². The molecule has 164 valence electrons. The first-order chi connectivity index (χ1) is 15.6. The van der Waals surface area contributed by atoms with Crippen molar-refractivity contribution >= 4 is 41.3 Å². The summed E-state index contributed by atoms with van der Waals surface area (Å²) < 4.78 is 0. The van der Waals surface area contributed by atoms with Crippen LogP contribution < -0.4 is 5.32 Å². The van der Waals surface area contributed by atoms with Crippen LogP contribution in [0.25, 0.3) is 21.7 Å². The average molecular weight is 441 g/mol. The number of aryl methyl sites for hydroxylation is 1. The number of carbonyl (C=O) groups excluding carboxylic acids is 1. The molecule has 0 bridgehead atoms. The number of pyridine rings is 1. The minimum Gasteiger partial charge on any atom is -0.320 e. The summed E-state index contributed by atoms with van der Waals surface area (Å²) in [7, 11) is -1.28. The molecule has 1 amide bonds. The summed E-state index contributed by atoms with van der Waals surface area (Å²) in [5.74, 6) is -0.0493. The number of fused-ring (bicyclic) bond motifs is 2. The van der Waals surface area contributed by atoms with Gasteiger partial charge in [0.05, 0.1) is 24.8 Å². The first kappa shape index (κ1) is 22.2. The molecule has 1 N–H and O–H groups in total. The lowest BCUT2D eigenvalue weighted by atomic mass is 9.96. The maximum Gasteiger partial charge on any atom is 0.256 e. The van der Waals surface area contributed by atoms with Gasteiger partial charge in [0.15, 0.2) is 0 Å². The van der Waals surface area contributed by atoms with Gasteiger partial charge in [0.25, 0.3) is 5.91 Å². The molecular formula is C28H32N2OSi. The smallest absolute Gasteiger partial charge is 0.256 e. The Morgan fingerprint density at radius 2 is 1.56 bits per heavy atom. The van der Waals surface area contributed by atoms with Crippen molar-refractivity contribution in [3.05, 3.63) is 84.1 Å². The Kier molecular flexibility index (Phi) is 6.71. The molecule has 0 spiro atoms. The van der Waals surface area contributed by atoms with Crippen LogP contribution in [0.3, 0.4) is 0 Å². The lowest BCUT2D eigenvalue weighted by molar-refractivity contribution is 0.102. The van der Waals surface area contributed by atoms with Gasteiger partial charge >= 0.3 is 0 Å². The van der Waals surface area contributed by atoms with Crippen LogP contribution in [-0.4, -0.2) is 19.0 Å². The van der Waals surface area contributed by atoms with Gasteiger partial charge in [0.2, 0.25) is 0 Å². The monoisotopic (exact) mass is 440 g/mol. The summed E-state index contributed by atoms with van der Waals surface area (Å²) in [6.07, 6.45) is 2.73. The second-order valence-electron chi connectivity index (χ2n) is 8.72. The van der Waals surface area contributed by atoms with E-state index in [1.54, 1.807) is 6.20 Å². The summed E-state index contributed by atoms with van der Waals surface area (Å²) in [5, 5.41) is 6.32. The average Bonchev–Trinajstić information content (AvgIpc) is 2.85. The number of benzene rings is 3. The van der Waals surface area contributed by atoms with Crippen molar-refractivity contribution < 1.29 is 4.79 Å². The fraction of sp³-hybridized carbons (Fsp3) is 0.286. The minimum absolute atomic E-state index is 0.0493. The van der Waals surface area contributed by atoms with Crippen LogP contribution >= 0.6 is 0 Å². The van der Waals surface area contributed by atoms with Crippen LogP contribution in [0, 0.1) is 0 Å². The number of amides is 1. The number of anilines is 1. The molecule has 0 aliphatic carbocycles. The van der Waals surface area contributed by atoms with E-state index in [-0.39, 0.29) is 5.91 Å². The molecule has 0 fully saturated rings. The zero-order valence-corrected chi connectivity index (χ0v) is 20.3. The molecule has 0 aliphatic heterocycles. The predicted molar refractivity (Wildman–Crippen MR) is 139 cm³/mol. The van der Waals surface area contributed by atoms with Gasteiger partial charge in [-0.15, -0.1) is 0 Å². The third-order valence-electron chi connectivity index (χ3n) is 7.30. The van der Waals surface area contributed by atoms with Crippen molar-refractivity contribution in [1.82, 2.24) is 4.98 Å². The van der Waals surface area contributed by atoms with E-state index in [2.05, 4.69) is 55.3 Å². The standard InChI is InChI=1S/C28H32N2OSi/c1-4-32(5-2,6-3)20-18-22-17-16-21-11-7-8-14-24(21)26(22)28(31)30-25-15-9-12-23-13-10-19-29-27(23)25/h7-17,19H,4-6,18,20H2,1-3H3,(H,30,31). The number of nitrogens with one attached hydrogen (secondary N) is 1. The Morgan fingerprint density at radius 3 is 2.34 bits per heavy atom. The Balaban J connectivity index is 1.74. The van der Waals surface area contributed by atoms with Crippen molar-refractivity contribution in [3.63, 3.8) is 0 Å². The molecule has 3 aromatic carbocycles. The van der Waals surface area contributed by atoms with Crippen LogP contribution in [-0.2, 0) is 6.42 Å². The maximum atomic E-state index is 13.7. The number of carbonyl (C=O) groups is 1. The number of hydrogen-bond donors (Lipinski definition) is 1. The zero-order chi connectivity index (χ0) is 22.6. The molecule has 4 aromatic rings. The first-order valence-electron chi connectivity index (χ1n) is 11.8. The Labute approximate surface area is 191 Å². The Bertz CT molecular complexity index is 1230. The van der Waals surface area contributed by atoms with E-state index >= 15 is 0 Å². The van der Waals surface area contributed by atoms with E-state index in [9.17, 15) is 4.79 Å². The summed E-state index contributed by atoms with van der Waals surface area (Å²) in [5.41, 5.74) is 3.54. The lowest BCUT2D eigenvalue weighted by Crippen LogP contribution is -2.31. The molecule has 32 heavy (non-hydrogen) atoms. The molecule has 0 atom stereocenters. The van der Waals surface area contributed by atoms with E-state index in [1.807, 2.05) is 42.5 Å². The van der Waals surface area contributed by atoms with Crippen LogP contribution in [0.1, 0.15) is 36.7 Å². The number of rotatable bonds is 8. The van der Waals surface area contributed by atoms with Gasteiger partial charge in [-0.2, -0.15) is 0 Å². The van der Waals surface area contributed by atoms with Gasteiger partial charge in [-0.1, -0.05) is 99.5 Å². The molecule has 1 heterocycles. The van der Waals surface area contributed by atoms with Gasteiger partial charge in [0, 0.05) is 11.6 Å². The van der Waals surface area contributed by atoms with Gasteiger partial charge in [-0.05, 0) is 34.9 Å². The lowest BCUT2D eigenvalue weighted by Gasteiger charge is -2.28. The van der Waals surface area contributed by atoms with Crippen LogP contribution in [0.15, 0.2) is 72.9 Å². The summed E-state index contributed by atoms with van der Waals surface area (Å²) in [4.78, 5) is 18.2. The highest BCUT2D eigenvalue weighted by Crippen LogP contribution is 2.31. The van der Waals surface area contributed by atoms with E-state index in [0.717, 1.165) is 44.9 Å². The Morgan fingerprint density at radius 1 is 0.844 bits per heavy atom. The van der Waals surface area contributed by atoms with Gasteiger partial charge in [-0.25, -0.2) is 0 Å². The van der Waals surface area contributed by atoms with E-state index in [1.165, 1.54) is 24.2 Å². The Hall–Kier alpha value is -2.98. The van der Waals surface area contributed by atoms with Crippen molar-refractivity contribution in [3.8, 4) is 0 Å². The number of para-hydroxylation sites is 1. The SMILES string of the molecule is CC[Si](CC)(CC)CCc1ccc2ccccc2c1C(=O)Nc1cccc2cccnc12. The van der Waals surface area contributed by atoms with Crippen molar-refractivity contribution in [2.75, 3.05) is 5.32 Å². The van der Waals surface area contributed by atoms with E-state index in [0.29, 0.717) is 0 Å². The van der Waals surface area contributed by atoms with Gasteiger partial charge in [-0.3, -0.25) is 9.78 Å². The van der Waals surface area contributed by atoms with Crippen molar-refractivity contribution in [1.29, 1.82) is 0 Å². The molecule has 0 aliphatic rings. The fourth-order valence-electron chi connectivity index (χ4n) is 4.86. The normalized spacial score (nSPS) is 11.7. The molecule has 0 unspecified atom stereocenters. The second-order valence-corrected chi connectivity index (χ2v) is 14.3. The van der Waals surface area contributed by atoms with Gasteiger partial charge < -0.3 is 5.32 Å². The summed E-state index contributed by atoms with van der Waals surface area (Å²) in [6, 6.07) is 27.5. The molecule has 1 aromatic heterocycles. The maximum absolute atomic E-state index is 13.7. The van der Waals surface area contributed by atoms with E-state index < -0.39 is 8.07 Å². The number of nitrogens with zero attached hydrogens (tertiary/aromatic N) is 1. The van der Waals surface area contributed by atoms with Crippen LogP contribution in [0.2, 0.25) is 24.2 Å². The molecule has 4 heteroatoms. The topological polar surface area (TPSA) is 42.0 Å². The zero-order valence-electron chi connectivity index (χ0n) is 19.3. The highest BCUT2D eigenvalue weighted by Gasteiger charge is 2.27. The first-order valence-corrected chi connectivity index (χ1v) is 14.6. The molecule has 0 saturated carbocycles. The summed E-state index contributed by atoms with van der Waals surface area (Å²) >= 11 is 0. The highest BCUT2D eigenvalue weighted by atomic mass is 28.3. The van der Waals surface area contributed by atoms with Crippen molar-refractivity contribution in [2.24, 2.45) is 0 Å². The predicted octanol–water partition coefficient (Wildman–Crippen LogP) is 7.69. The third-order valence-corrected chi connectivity index (χ3v) is 13.1. The molecule has 0 saturated heterocycles. The fourth-order valence-corrected chi connectivity index (χ4v) is 8.22. The molecular weight excluding hydrogens is 408 g/mol. The minimum atomic E-state index is -1.28. The summed E-state index contributed by atoms with van der Waals surface area (Å²) in [6.45, 7) is 7.04. The number of aromatic nitrogens is 1. The largest absolute Gasteiger partial charge is 0.320 e. The second kappa shape index (κ2) is 9.66. The number of hydrogen-bond acceptors (Lipinski definition) is 2. The van der Waals surface area contributed by atoms with Crippen LogP contribution in [0.5, 0.6) is 0 Å².